The van der Waals surface area contributed by atoms with Gasteiger partial charge in [0.1, 0.15) is 0 Å². The number of aliphatic hydroxyl groups is 2. The van der Waals surface area contributed by atoms with E-state index in [0.29, 0.717) is 6.42 Å². The minimum Gasteiger partial charge on any atom is -0.394 e. The van der Waals surface area contributed by atoms with Gasteiger partial charge < -0.3 is 15.5 Å². The van der Waals surface area contributed by atoms with Gasteiger partial charge in [-0.2, -0.15) is 0 Å². The predicted molar refractivity (Wildman–Crippen MR) is 243 cm³/mol. The molecule has 55 heavy (non-hydrogen) atoms. The van der Waals surface area contributed by atoms with Crippen molar-refractivity contribution in [1.82, 2.24) is 5.32 Å². The molecular weight excluding hydrogens is 675 g/mol. The van der Waals surface area contributed by atoms with Crippen molar-refractivity contribution in [3.05, 3.63) is 134 Å². The number of unbranched alkanes of at least 4 members (excludes halogenated alkanes) is 10. The Kier molecular flexibility index (Phi) is 42.1. The lowest BCUT2D eigenvalue weighted by molar-refractivity contribution is -0.123. The molecule has 1 amide bonds. The highest BCUT2D eigenvalue weighted by molar-refractivity contribution is 5.76. The molecule has 0 fully saturated rings. The highest BCUT2D eigenvalue weighted by Crippen LogP contribution is 2.11. The average Bonchev–Trinajstić information content (AvgIpc) is 3.19. The molecule has 0 bridgehead atoms. The average molecular weight is 756 g/mol. The van der Waals surface area contributed by atoms with Gasteiger partial charge in [0.25, 0.3) is 0 Å². The Bertz CT molecular complexity index is 1180. The fraction of sp³-hybridized carbons (Fsp3) is 0.549. The number of aliphatic hydroxyl groups excluding tert-OH is 2. The fourth-order valence-corrected chi connectivity index (χ4v) is 5.54. The number of carbonyl (C=O) groups is 1. The molecule has 0 spiro atoms. The molecule has 4 nitrogen and oxygen atoms in total. The third-order valence-corrected chi connectivity index (χ3v) is 8.89. The van der Waals surface area contributed by atoms with Crippen LogP contribution in [0.15, 0.2) is 134 Å². The van der Waals surface area contributed by atoms with Crippen LogP contribution in [-0.2, 0) is 4.79 Å². The summed E-state index contributed by atoms with van der Waals surface area (Å²) >= 11 is 0. The van der Waals surface area contributed by atoms with E-state index in [1.807, 2.05) is 6.08 Å². The van der Waals surface area contributed by atoms with Gasteiger partial charge in [-0.05, 0) is 89.9 Å². The van der Waals surface area contributed by atoms with Crippen LogP contribution in [0.4, 0.5) is 0 Å². The molecule has 0 aromatic carbocycles. The third kappa shape index (κ3) is 41.5. The summed E-state index contributed by atoms with van der Waals surface area (Å²) in [5.41, 5.74) is 0. The highest BCUT2D eigenvalue weighted by atomic mass is 16.3. The number of rotatable bonds is 37. The molecule has 2 unspecified atom stereocenters. The first kappa shape index (κ1) is 51.5. The third-order valence-electron chi connectivity index (χ3n) is 8.89. The fourth-order valence-electron chi connectivity index (χ4n) is 5.54. The summed E-state index contributed by atoms with van der Waals surface area (Å²) in [5, 5.41) is 22.5. The van der Waals surface area contributed by atoms with Crippen molar-refractivity contribution in [2.75, 3.05) is 6.61 Å². The van der Waals surface area contributed by atoms with E-state index in [2.05, 4.69) is 141 Å². The molecular formula is C51H81NO3. The number of amides is 1. The van der Waals surface area contributed by atoms with E-state index in [-0.39, 0.29) is 12.5 Å². The number of hydrogen-bond acceptors (Lipinski definition) is 3. The van der Waals surface area contributed by atoms with E-state index in [1.165, 1.54) is 32.1 Å². The molecule has 0 radical (unpaired) electrons. The van der Waals surface area contributed by atoms with E-state index in [1.54, 1.807) is 6.08 Å². The molecule has 3 N–H and O–H groups in total. The van der Waals surface area contributed by atoms with E-state index in [0.717, 1.165) is 109 Å². The Morgan fingerprint density at radius 3 is 1.18 bits per heavy atom. The van der Waals surface area contributed by atoms with E-state index >= 15 is 0 Å². The van der Waals surface area contributed by atoms with Crippen molar-refractivity contribution in [3.8, 4) is 0 Å². The number of hydrogen-bond donors (Lipinski definition) is 3. The maximum atomic E-state index is 12.2. The Morgan fingerprint density at radius 2 is 0.800 bits per heavy atom. The molecule has 2 atom stereocenters. The van der Waals surface area contributed by atoms with Crippen LogP contribution < -0.4 is 5.32 Å². The van der Waals surface area contributed by atoms with Gasteiger partial charge in [0.15, 0.2) is 0 Å². The smallest absolute Gasteiger partial charge is 0.220 e. The van der Waals surface area contributed by atoms with Gasteiger partial charge in [-0.25, -0.2) is 0 Å². The monoisotopic (exact) mass is 756 g/mol. The standard InChI is InChI=1S/C51H81NO3/c1-3-5-7-9-10-11-12-13-14-15-16-17-18-19-20-21-22-23-24-25-26-27-28-29-30-31-32-33-34-35-36-37-38-39-40-41-42-43-45-47-51(55)52-49(48-53)50(54)46-44-8-6-4-2/h5,7,10-11,13-14,16-17,19-20,22-23,25-26,28-29,31-32,34-35,44,46,49-50,53-54H,3-4,6,8-9,12,15,18,21,24,27,30,33,36-43,45,47-48H2,1-2H3,(H,52,55)/b7-5-,11-10-,14-13-,17-16-,20-19-,23-22-,26-25-,29-28-,32-31-,35-34-,46-44+. The van der Waals surface area contributed by atoms with Crippen molar-refractivity contribution in [3.63, 3.8) is 0 Å². The van der Waals surface area contributed by atoms with E-state index < -0.39 is 12.1 Å². The van der Waals surface area contributed by atoms with E-state index in [9.17, 15) is 15.0 Å². The zero-order chi connectivity index (χ0) is 40.0. The quantitative estimate of drug-likeness (QED) is 0.0437. The lowest BCUT2D eigenvalue weighted by Gasteiger charge is -2.19. The van der Waals surface area contributed by atoms with Crippen LogP contribution in [0.1, 0.15) is 162 Å². The summed E-state index contributed by atoms with van der Waals surface area (Å²) in [6, 6.07) is -0.631. The first-order valence-corrected chi connectivity index (χ1v) is 21.9. The van der Waals surface area contributed by atoms with Gasteiger partial charge in [0, 0.05) is 6.42 Å². The van der Waals surface area contributed by atoms with Crippen LogP contribution in [0.5, 0.6) is 0 Å². The summed E-state index contributed by atoms with van der Waals surface area (Å²) in [6.07, 6.45) is 71.8. The highest BCUT2D eigenvalue weighted by Gasteiger charge is 2.17. The summed E-state index contributed by atoms with van der Waals surface area (Å²) in [4.78, 5) is 12.2. The van der Waals surface area contributed by atoms with Crippen LogP contribution in [0, 0.1) is 0 Å². The van der Waals surface area contributed by atoms with Crippen LogP contribution in [0.3, 0.4) is 0 Å². The topological polar surface area (TPSA) is 69.6 Å². The molecule has 0 saturated carbocycles. The van der Waals surface area contributed by atoms with Gasteiger partial charge in [-0.15, -0.1) is 0 Å². The Hall–Kier alpha value is -3.47. The first-order chi connectivity index (χ1) is 27.2. The van der Waals surface area contributed by atoms with Crippen molar-refractivity contribution in [2.45, 2.75) is 174 Å². The molecule has 0 aliphatic heterocycles. The second-order valence-corrected chi connectivity index (χ2v) is 14.0. The molecule has 0 aliphatic carbocycles. The van der Waals surface area contributed by atoms with Gasteiger partial charge in [-0.3, -0.25) is 4.79 Å². The zero-order valence-electron chi connectivity index (χ0n) is 35.1. The predicted octanol–water partition coefficient (Wildman–Crippen LogP) is 14.0. The molecule has 0 aromatic rings. The summed E-state index contributed by atoms with van der Waals surface area (Å²) < 4.78 is 0. The molecule has 0 aromatic heterocycles. The molecule has 0 aliphatic rings. The lowest BCUT2D eigenvalue weighted by Crippen LogP contribution is -2.45. The van der Waals surface area contributed by atoms with Crippen molar-refractivity contribution in [2.24, 2.45) is 0 Å². The maximum Gasteiger partial charge on any atom is 0.220 e. The summed E-state index contributed by atoms with van der Waals surface area (Å²) in [6.45, 7) is 4.03. The molecule has 308 valence electrons. The molecule has 0 rings (SSSR count). The number of allylic oxidation sites excluding steroid dienone is 21. The van der Waals surface area contributed by atoms with Gasteiger partial charge >= 0.3 is 0 Å². The van der Waals surface area contributed by atoms with Crippen LogP contribution >= 0.6 is 0 Å². The second-order valence-electron chi connectivity index (χ2n) is 14.0. The van der Waals surface area contributed by atoms with Crippen LogP contribution in [-0.4, -0.2) is 34.9 Å². The lowest BCUT2D eigenvalue weighted by atomic mass is 10.1. The SMILES string of the molecule is CC/C=C\C/C=C\C/C=C\C/C=C\C/C=C\C/C=C\C/C=C\C/C=C\C/C=C\C/C=C\CCCCCCCCCCC(=O)NC(CO)C(O)/C=C/CCCC. The number of nitrogens with one attached hydrogen (secondary N) is 1. The normalized spacial score (nSPS) is 14.3. The second kappa shape index (κ2) is 44.9. The Labute approximate surface area is 339 Å². The molecule has 0 saturated heterocycles. The van der Waals surface area contributed by atoms with Crippen LogP contribution in [0.2, 0.25) is 0 Å². The summed E-state index contributed by atoms with van der Waals surface area (Å²) in [5.74, 6) is -0.0900. The maximum absolute atomic E-state index is 12.2. The van der Waals surface area contributed by atoms with Gasteiger partial charge in [-0.1, -0.05) is 199 Å². The Balaban J connectivity index is 3.62. The van der Waals surface area contributed by atoms with Crippen molar-refractivity contribution >= 4 is 5.91 Å². The largest absolute Gasteiger partial charge is 0.394 e. The zero-order valence-corrected chi connectivity index (χ0v) is 35.1. The van der Waals surface area contributed by atoms with Gasteiger partial charge in [0.2, 0.25) is 5.91 Å². The molecule has 4 heteroatoms. The van der Waals surface area contributed by atoms with E-state index in [4.69, 9.17) is 0 Å². The minimum atomic E-state index is -0.846. The van der Waals surface area contributed by atoms with Crippen LogP contribution in [0.25, 0.3) is 0 Å². The summed E-state index contributed by atoms with van der Waals surface area (Å²) in [7, 11) is 0. The first-order valence-electron chi connectivity index (χ1n) is 21.9. The van der Waals surface area contributed by atoms with Crippen molar-refractivity contribution < 1.29 is 15.0 Å². The minimum absolute atomic E-state index is 0.0900. The van der Waals surface area contributed by atoms with Crippen molar-refractivity contribution in [1.29, 1.82) is 0 Å². The Morgan fingerprint density at radius 1 is 0.455 bits per heavy atom. The van der Waals surface area contributed by atoms with Gasteiger partial charge in [0.05, 0.1) is 18.8 Å². The number of carbonyl (C=O) groups excluding carboxylic acids is 1. The molecule has 0 heterocycles.